The average Bonchev–Trinajstić information content (AvgIpc) is 3.16. The smallest absolute Gasteiger partial charge is 0.462 e. The summed E-state index contributed by atoms with van der Waals surface area (Å²) in [6, 6.07) is 0. The lowest BCUT2D eigenvalue weighted by molar-refractivity contribution is -0.161. The number of carbonyl (C=O) groups is 2. The summed E-state index contributed by atoms with van der Waals surface area (Å²) in [4.78, 5) is 34.9. The Morgan fingerprint density at radius 3 is 1.84 bits per heavy atom. The highest BCUT2D eigenvalue weighted by Gasteiger charge is 2.27. The third kappa shape index (κ3) is 38.3. The molecule has 0 aliphatic carbocycles. The molecule has 0 saturated heterocycles. The predicted molar refractivity (Wildman–Crippen MR) is 225 cm³/mol. The molecule has 4 atom stereocenters. The van der Waals surface area contributed by atoms with Gasteiger partial charge in [-0.2, -0.15) is 0 Å². The molecule has 0 heterocycles. The zero-order chi connectivity index (χ0) is 41.5. The number of esters is 2. The summed E-state index contributed by atoms with van der Waals surface area (Å²) in [6.45, 7) is 4.35. The Kier molecular flexibility index (Phi) is 36.1. The van der Waals surface area contributed by atoms with Gasteiger partial charge in [0.25, 0.3) is 0 Å². The average molecular weight is 811 g/mol. The number of allylic oxidation sites excluding steroid dienone is 10. The van der Waals surface area contributed by atoms with Gasteiger partial charge in [-0.15, -0.1) is 0 Å². The normalized spacial score (nSPS) is 15.3. The Morgan fingerprint density at radius 1 is 0.661 bits per heavy atom. The van der Waals surface area contributed by atoms with Crippen molar-refractivity contribution in [3.05, 3.63) is 72.9 Å². The van der Waals surface area contributed by atoms with Crippen molar-refractivity contribution in [2.75, 3.05) is 26.4 Å². The van der Waals surface area contributed by atoms with Crippen LogP contribution in [0.3, 0.4) is 0 Å². The van der Waals surface area contributed by atoms with E-state index in [4.69, 9.17) is 19.1 Å². The SMILES string of the molecule is CC/C=C\CC(O)/C=C/C=C/C/C=C\C/C=C\C/C=C\CCC(=O)O[C@H](COC(=O)CCCCCCCCCCCCC(C)C)COP(=O)(O)OC[C@@H](O)CO. The molecule has 4 N–H and O–H groups in total. The van der Waals surface area contributed by atoms with E-state index in [1.54, 1.807) is 6.08 Å². The highest BCUT2D eigenvalue weighted by Crippen LogP contribution is 2.43. The van der Waals surface area contributed by atoms with Crippen molar-refractivity contribution < 1.29 is 52.9 Å². The molecule has 11 nitrogen and oxygen atoms in total. The molecule has 2 unspecified atom stereocenters. The van der Waals surface area contributed by atoms with Gasteiger partial charge in [-0.1, -0.05) is 158 Å². The summed E-state index contributed by atoms with van der Waals surface area (Å²) >= 11 is 0. The van der Waals surface area contributed by atoms with Crippen LogP contribution in [0, 0.1) is 5.92 Å². The Bertz CT molecular complexity index is 1190. The lowest BCUT2D eigenvalue weighted by Crippen LogP contribution is -2.29. The van der Waals surface area contributed by atoms with E-state index in [9.17, 15) is 29.3 Å². The summed E-state index contributed by atoms with van der Waals surface area (Å²) in [7, 11) is -4.65. The molecular weight excluding hydrogens is 735 g/mol. The number of aliphatic hydroxyl groups is 3. The molecule has 0 radical (unpaired) electrons. The van der Waals surface area contributed by atoms with Gasteiger partial charge in [-0.3, -0.25) is 18.6 Å². The van der Waals surface area contributed by atoms with E-state index in [0.717, 1.165) is 44.4 Å². The van der Waals surface area contributed by atoms with Crippen LogP contribution in [-0.4, -0.2) is 76.9 Å². The van der Waals surface area contributed by atoms with Crippen LogP contribution in [0.2, 0.25) is 0 Å². The zero-order valence-corrected chi connectivity index (χ0v) is 35.5. The highest BCUT2D eigenvalue weighted by atomic mass is 31.2. The minimum absolute atomic E-state index is 0.0408. The molecule has 0 saturated carbocycles. The maximum Gasteiger partial charge on any atom is 0.472 e. The van der Waals surface area contributed by atoms with Crippen molar-refractivity contribution in [2.45, 2.75) is 161 Å². The first kappa shape index (κ1) is 53.4. The molecular formula is C44H75O11P. The second-order valence-electron chi connectivity index (χ2n) is 14.3. The fourth-order valence-electron chi connectivity index (χ4n) is 5.17. The lowest BCUT2D eigenvalue weighted by Gasteiger charge is -2.20. The minimum Gasteiger partial charge on any atom is -0.462 e. The van der Waals surface area contributed by atoms with Crippen molar-refractivity contribution >= 4 is 19.8 Å². The number of unbranched alkanes of at least 4 members (excludes halogenated alkanes) is 9. The van der Waals surface area contributed by atoms with E-state index in [1.165, 1.54) is 44.9 Å². The van der Waals surface area contributed by atoms with Crippen LogP contribution in [0.25, 0.3) is 0 Å². The van der Waals surface area contributed by atoms with Crippen LogP contribution in [0.5, 0.6) is 0 Å². The molecule has 0 aromatic carbocycles. The van der Waals surface area contributed by atoms with Crippen LogP contribution in [-0.2, 0) is 32.7 Å². The fraction of sp³-hybridized carbons (Fsp3) is 0.682. The maximum atomic E-state index is 12.6. The molecule has 0 bridgehead atoms. The molecule has 0 amide bonds. The predicted octanol–water partition coefficient (Wildman–Crippen LogP) is 9.71. The molecule has 0 rings (SSSR count). The summed E-state index contributed by atoms with van der Waals surface area (Å²) in [6.07, 6.45) is 38.0. The monoisotopic (exact) mass is 811 g/mol. The Labute approximate surface area is 338 Å². The first-order valence-corrected chi connectivity index (χ1v) is 22.4. The van der Waals surface area contributed by atoms with Gasteiger partial charge in [0.15, 0.2) is 6.10 Å². The van der Waals surface area contributed by atoms with Gasteiger partial charge in [0.1, 0.15) is 12.7 Å². The molecule has 0 aromatic rings. The highest BCUT2D eigenvalue weighted by molar-refractivity contribution is 7.47. The number of phosphoric ester groups is 1. The van der Waals surface area contributed by atoms with E-state index in [1.807, 2.05) is 48.6 Å². The van der Waals surface area contributed by atoms with E-state index in [-0.39, 0.29) is 19.4 Å². The van der Waals surface area contributed by atoms with Crippen molar-refractivity contribution in [1.82, 2.24) is 0 Å². The number of hydrogen-bond donors (Lipinski definition) is 4. The van der Waals surface area contributed by atoms with E-state index < -0.39 is 57.9 Å². The fourth-order valence-corrected chi connectivity index (χ4v) is 5.96. The number of rotatable bonds is 37. The zero-order valence-electron chi connectivity index (χ0n) is 34.6. The van der Waals surface area contributed by atoms with Crippen LogP contribution >= 0.6 is 7.82 Å². The number of hydrogen-bond acceptors (Lipinski definition) is 10. The molecule has 0 aliphatic rings. The largest absolute Gasteiger partial charge is 0.472 e. The van der Waals surface area contributed by atoms with Crippen LogP contribution < -0.4 is 0 Å². The molecule has 56 heavy (non-hydrogen) atoms. The number of ether oxygens (including phenoxy) is 2. The molecule has 322 valence electrons. The second-order valence-corrected chi connectivity index (χ2v) is 15.8. The summed E-state index contributed by atoms with van der Waals surface area (Å²) in [5, 5.41) is 28.1. The Hall–Kier alpha value is -2.63. The second kappa shape index (κ2) is 37.9. The van der Waals surface area contributed by atoms with Gasteiger partial charge in [-0.05, 0) is 50.9 Å². The Balaban J connectivity index is 4.51. The first-order valence-electron chi connectivity index (χ1n) is 20.9. The van der Waals surface area contributed by atoms with E-state index in [0.29, 0.717) is 25.7 Å². The van der Waals surface area contributed by atoms with Crippen LogP contribution in [0.1, 0.15) is 143 Å². The van der Waals surface area contributed by atoms with E-state index >= 15 is 0 Å². The molecule has 0 fully saturated rings. The van der Waals surface area contributed by atoms with Crippen molar-refractivity contribution in [1.29, 1.82) is 0 Å². The van der Waals surface area contributed by atoms with Crippen LogP contribution in [0.15, 0.2) is 72.9 Å². The standard InChI is InChI=1S/C44H75O11P/c1-4-5-25-31-40(46)32-27-22-18-14-9-7-6-8-10-16-20-24-29-34-44(49)55-42(38-54-56(50,51)53-36-41(47)35-45)37-52-43(48)33-28-23-19-15-12-11-13-17-21-26-30-39(2)3/h5,7-10,18,20,22,24-25,27,32,39-42,45-47H,4,6,11-17,19,21,23,26,28-31,33-38H2,1-3H3,(H,50,51)/b9-7-,10-8-,22-18+,24-20-,25-5-,32-27+/t40?,41-,42+/m0/s1. The number of aliphatic hydroxyl groups excluding tert-OH is 3. The molecule has 0 spiro atoms. The maximum absolute atomic E-state index is 12.6. The third-order valence-electron chi connectivity index (χ3n) is 8.40. The molecule has 0 aromatic heterocycles. The summed E-state index contributed by atoms with van der Waals surface area (Å²) < 4.78 is 32.6. The van der Waals surface area contributed by atoms with Crippen molar-refractivity contribution in [3.8, 4) is 0 Å². The number of phosphoric acid groups is 1. The van der Waals surface area contributed by atoms with Crippen molar-refractivity contribution in [3.63, 3.8) is 0 Å². The van der Waals surface area contributed by atoms with Gasteiger partial charge in [0.05, 0.1) is 25.9 Å². The Morgan fingerprint density at radius 2 is 1.23 bits per heavy atom. The quantitative estimate of drug-likeness (QED) is 0.0155. The molecule has 12 heteroatoms. The van der Waals surface area contributed by atoms with Crippen molar-refractivity contribution in [2.24, 2.45) is 5.92 Å². The van der Waals surface area contributed by atoms with Gasteiger partial charge in [0, 0.05) is 12.8 Å². The lowest BCUT2D eigenvalue weighted by atomic mass is 10.0. The van der Waals surface area contributed by atoms with Gasteiger partial charge in [-0.25, -0.2) is 4.57 Å². The number of carbonyl (C=O) groups excluding carboxylic acids is 2. The van der Waals surface area contributed by atoms with E-state index in [2.05, 4.69) is 43.5 Å². The van der Waals surface area contributed by atoms with Gasteiger partial charge < -0.3 is 29.7 Å². The molecule has 0 aliphatic heterocycles. The summed E-state index contributed by atoms with van der Waals surface area (Å²) in [5.41, 5.74) is 0. The minimum atomic E-state index is -4.65. The third-order valence-corrected chi connectivity index (χ3v) is 9.35. The van der Waals surface area contributed by atoms with Gasteiger partial charge >= 0.3 is 19.8 Å². The van der Waals surface area contributed by atoms with Crippen LogP contribution in [0.4, 0.5) is 0 Å². The summed E-state index contributed by atoms with van der Waals surface area (Å²) in [5.74, 6) is -0.269. The first-order chi connectivity index (χ1) is 27.0. The topological polar surface area (TPSA) is 169 Å². The van der Waals surface area contributed by atoms with Gasteiger partial charge in [0.2, 0.25) is 0 Å².